The van der Waals surface area contributed by atoms with Crippen LogP contribution in [-0.2, 0) is 0 Å². The highest BCUT2D eigenvalue weighted by Gasteiger charge is 2.20. The maximum absolute atomic E-state index is 12.2. The largest absolute Gasteiger partial charge is 0.336 e. The van der Waals surface area contributed by atoms with Crippen LogP contribution in [0.15, 0.2) is 24.3 Å². The minimum atomic E-state index is 0.0840. The Morgan fingerprint density at radius 3 is 2.29 bits per heavy atom. The summed E-state index contributed by atoms with van der Waals surface area (Å²) in [5.74, 6) is 0.0840. The molecule has 17 heavy (non-hydrogen) atoms. The van der Waals surface area contributed by atoms with Crippen molar-refractivity contribution in [2.24, 2.45) is 0 Å². The molecule has 1 fully saturated rings. The molecule has 1 aliphatic rings. The standard InChI is InChI=1S/C13H18N3O/c1-2-15-7-9-16(10-8-15)13(17)11-3-5-12(14)6-4-11/h3-6,14H,2,7-10H2,1H3. The molecular weight excluding hydrogens is 214 g/mol. The topological polar surface area (TPSA) is 47.4 Å². The highest BCUT2D eigenvalue weighted by atomic mass is 16.2. The lowest BCUT2D eigenvalue weighted by atomic mass is 10.1. The fourth-order valence-electron chi connectivity index (χ4n) is 2.06. The van der Waals surface area contributed by atoms with Gasteiger partial charge in [-0.15, -0.1) is 0 Å². The van der Waals surface area contributed by atoms with Crippen molar-refractivity contribution in [3.05, 3.63) is 29.8 Å². The Labute approximate surface area is 102 Å². The monoisotopic (exact) mass is 232 g/mol. The van der Waals surface area contributed by atoms with E-state index in [0.29, 0.717) is 11.3 Å². The lowest BCUT2D eigenvalue weighted by molar-refractivity contribution is 0.0643. The van der Waals surface area contributed by atoms with Gasteiger partial charge in [-0.3, -0.25) is 4.79 Å². The van der Waals surface area contributed by atoms with Gasteiger partial charge in [-0.05, 0) is 30.8 Å². The van der Waals surface area contributed by atoms with E-state index in [-0.39, 0.29) is 5.91 Å². The Morgan fingerprint density at radius 1 is 1.18 bits per heavy atom. The van der Waals surface area contributed by atoms with Crippen LogP contribution in [0, 0.1) is 0 Å². The molecule has 4 heteroatoms. The Morgan fingerprint density at radius 2 is 1.76 bits per heavy atom. The zero-order chi connectivity index (χ0) is 12.3. The van der Waals surface area contributed by atoms with Crippen LogP contribution in [0.3, 0.4) is 0 Å². The molecule has 1 heterocycles. The fourth-order valence-corrected chi connectivity index (χ4v) is 2.06. The Hall–Kier alpha value is -1.55. The number of carbonyl (C=O) groups is 1. The molecule has 2 rings (SSSR count). The molecule has 4 nitrogen and oxygen atoms in total. The van der Waals surface area contributed by atoms with Gasteiger partial charge in [0.15, 0.2) is 0 Å². The Bertz CT molecular complexity index is 380. The van der Waals surface area contributed by atoms with Gasteiger partial charge in [0, 0.05) is 31.7 Å². The lowest BCUT2D eigenvalue weighted by Crippen LogP contribution is -2.48. The molecule has 0 saturated carbocycles. The summed E-state index contributed by atoms with van der Waals surface area (Å²) in [4.78, 5) is 16.4. The number of likely N-dealkylation sites (N-methyl/N-ethyl adjacent to an activating group) is 1. The number of nitrogens with zero attached hydrogens (tertiary/aromatic N) is 2. The minimum Gasteiger partial charge on any atom is -0.336 e. The second-order valence-corrected chi connectivity index (χ2v) is 4.30. The number of carbonyl (C=O) groups excluding carboxylic acids is 1. The lowest BCUT2D eigenvalue weighted by Gasteiger charge is -2.34. The summed E-state index contributed by atoms with van der Waals surface area (Å²) in [6.07, 6.45) is 0. The van der Waals surface area contributed by atoms with E-state index < -0.39 is 0 Å². The van der Waals surface area contributed by atoms with E-state index in [1.807, 2.05) is 4.90 Å². The SMILES string of the molecule is CCN1CCN(C(=O)c2ccc([NH])cc2)CC1. The summed E-state index contributed by atoms with van der Waals surface area (Å²) in [6.45, 7) is 6.71. The van der Waals surface area contributed by atoms with Crippen LogP contribution < -0.4 is 5.73 Å². The van der Waals surface area contributed by atoms with Gasteiger partial charge in [0.1, 0.15) is 0 Å². The maximum atomic E-state index is 12.2. The average Bonchev–Trinajstić information content (AvgIpc) is 2.39. The Balaban J connectivity index is 1.99. The number of piperazine rings is 1. The average molecular weight is 232 g/mol. The number of hydrogen-bond acceptors (Lipinski definition) is 2. The molecule has 91 valence electrons. The van der Waals surface area contributed by atoms with Crippen LogP contribution in [0.1, 0.15) is 17.3 Å². The summed E-state index contributed by atoms with van der Waals surface area (Å²) in [7, 11) is 0. The summed E-state index contributed by atoms with van der Waals surface area (Å²) in [6, 6.07) is 6.79. The van der Waals surface area contributed by atoms with Gasteiger partial charge >= 0.3 is 0 Å². The first-order valence-electron chi connectivity index (χ1n) is 6.04. The van der Waals surface area contributed by atoms with Crippen molar-refractivity contribution in [3.63, 3.8) is 0 Å². The highest BCUT2D eigenvalue weighted by molar-refractivity contribution is 5.94. The van der Waals surface area contributed by atoms with Crippen molar-refractivity contribution in [3.8, 4) is 0 Å². The summed E-state index contributed by atoms with van der Waals surface area (Å²) in [5.41, 5.74) is 8.52. The number of amides is 1. The van der Waals surface area contributed by atoms with Crippen LogP contribution in [0.4, 0.5) is 5.69 Å². The number of rotatable bonds is 2. The van der Waals surface area contributed by atoms with Gasteiger partial charge in [-0.25, -0.2) is 0 Å². The van der Waals surface area contributed by atoms with Gasteiger partial charge in [0.25, 0.3) is 5.91 Å². The van der Waals surface area contributed by atoms with Crippen molar-refractivity contribution < 1.29 is 4.79 Å². The van der Waals surface area contributed by atoms with Gasteiger partial charge in [0.05, 0.1) is 5.69 Å². The van der Waals surface area contributed by atoms with Crippen molar-refractivity contribution in [2.45, 2.75) is 6.92 Å². The van der Waals surface area contributed by atoms with Crippen LogP contribution in [0.5, 0.6) is 0 Å². The molecule has 1 radical (unpaired) electrons. The minimum absolute atomic E-state index is 0.0840. The van der Waals surface area contributed by atoms with E-state index in [0.717, 1.165) is 32.7 Å². The summed E-state index contributed by atoms with van der Waals surface area (Å²) >= 11 is 0. The predicted octanol–water partition coefficient (Wildman–Crippen LogP) is 1.38. The van der Waals surface area contributed by atoms with Crippen LogP contribution in [0.25, 0.3) is 0 Å². The quantitative estimate of drug-likeness (QED) is 0.773. The molecule has 0 bridgehead atoms. The first-order chi connectivity index (χ1) is 8.20. The summed E-state index contributed by atoms with van der Waals surface area (Å²) in [5, 5.41) is 0. The molecule has 0 aliphatic carbocycles. The molecule has 0 spiro atoms. The van der Waals surface area contributed by atoms with Crippen LogP contribution in [-0.4, -0.2) is 48.4 Å². The van der Waals surface area contributed by atoms with Crippen molar-refractivity contribution in [1.29, 1.82) is 0 Å². The normalized spacial score (nSPS) is 17.1. The molecule has 0 aromatic heterocycles. The van der Waals surface area contributed by atoms with E-state index in [1.54, 1.807) is 24.3 Å². The highest BCUT2D eigenvalue weighted by Crippen LogP contribution is 2.11. The second kappa shape index (κ2) is 5.19. The summed E-state index contributed by atoms with van der Waals surface area (Å²) < 4.78 is 0. The van der Waals surface area contributed by atoms with Crippen LogP contribution >= 0.6 is 0 Å². The molecular formula is C13H18N3O. The molecule has 1 saturated heterocycles. The smallest absolute Gasteiger partial charge is 0.253 e. The second-order valence-electron chi connectivity index (χ2n) is 4.30. The molecule has 1 aromatic carbocycles. The third kappa shape index (κ3) is 2.77. The number of nitrogens with one attached hydrogen (secondary N) is 1. The maximum Gasteiger partial charge on any atom is 0.253 e. The van der Waals surface area contributed by atoms with Crippen molar-refractivity contribution in [1.82, 2.24) is 15.5 Å². The third-order valence-corrected chi connectivity index (χ3v) is 3.24. The van der Waals surface area contributed by atoms with Gasteiger partial charge in [-0.2, -0.15) is 0 Å². The van der Waals surface area contributed by atoms with Gasteiger partial charge in [0.2, 0.25) is 0 Å². The van der Waals surface area contributed by atoms with Crippen molar-refractivity contribution >= 4 is 11.6 Å². The predicted molar refractivity (Wildman–Crippen MR) is 67.2 cm³/mol. The van der Waals surface area contributed by atoms with E-state index in [2.05, 4.69) is 11.8 Å². The van der Waals surface area contributed by atoms with Crippen molar-refractivity contribution in [2.75, 3.05) is 32.7 Å². The first-order valence-corrected chi connectivity index (χ1v) is 6.04. The number of benzene rings is 1. The van der Waals surface area contributed by atoms with E-state index in [4.69, 9.17) is 5.73 Å². The first kappa shape index (κ1) is 11.9. The van der Waals surface area contributed by atoms with E-state index >= 15 is 0 Å². The van der Waals surface area contributed by atoms with Gasteiger partial charge in [-0.1, -0.05) is 6.92 Å². The van der Waals surface area contributed by atoms with Crippen LogP contribution in [0.2, 0.25) is 0 Å². The molecule has 1 N–H and O–H groups in total. The zero-order valence-electron chi connectivity index (χ0n) is 10.1. The van der Waals surface area contributed by atoms with Gasteiger partial charge < -0.3 is 15.5 Å². The molecule has 0 atom stereocenters. The zero-order valence-corrected chi connectivity index (χ0v) is 10.1. The Kier molecular flexibility index (Phi) is 3.64. The molecule has 1 aliphatic heterocycles. The fraction of sp³-hybridized carbons (Fsp3) is 0.462. The molecule has 0 unspecified atom stereocenters. The molecule has 1 amide bonds. The molecule has 1 aromatic rings. The van der Waals surface area contributed by atoms with E-state index in [1.165, 1.54) is 0 Å². The third-order valence-electron chi connectivity index (χ3n) is 3.24. The number of hydrogen-bond donors (Lipinski definition) is 0. The van der Waals surface area contributed by atoms with E-state index in [9.17, 15) is 4.79 Å².